The number of rotatable bonds is 5. The molecule has 21 heavy (non-hydrogen) atoms. The second-order valence-corrected chi connectivity index (χ2v) is 7.49. The van der Waals surface area contributed by atoms with Crippen molar-refractivity contribution in [3.63, 3.8) is 0 Å². The maximum atomic E-state index is 9.56. The topological polar surface area (TPSA) is 23.8 Å². The molecule has 0 unspecified atom stereocenters. The number of nitriles is 1. The summed E-state index contributed by atoms with van der Waals surface area (Å²) < 4.78 is 0. The van der Waals surface area contributed by atoms with E-state index in [0.29, 0.717) is 0 Å². The summed E-state index contributed by atoms with van der Waals surface area (Å²) >= 11 is 0. The molecule has 2 fully saturated rings. The summed E-state index contributed by atoms with van der Waals surface area (Å²) in [4.78, 5) is 0. The molecule has 2 saturated carbocycles. The summed E-state index contributed by atoms with van der Waals surface area (Å²) in [6.07, 6.45) is 18.9. The molecule has 0 bridgehead atoms. The van der Waals surface area contributed by atoms with E-state index in [9.17, 15) is 5.26 Å². The molecule has 0 aromatic heterocycles. The third kappa shape index (κ3) is 4.35. The molecule has 0 radical (unpaired) electrons. The molecule has 2 rings (SSSR count). The second kappa shape index (κ2) is 8.02. The molecule has 0 saturated heterocycles. The molecular weight excluding hydrogens is 254 g/mol. The maximum Gasteiger partial charge on any atom is 0.0753 e. The van der Waals surface area contributed by atoms with E-state index >= 15 is 0 Å². The van der Waals surface area contributed by atoms with Crippen LogP contribution in [0, 0.1) is 34.5 Å². The molecule has 2 aliphatic rings. The van der Waals surface area contributed by atoms with Crippen molar-refractivity contribution in [2.24, 2.45) is 23.2 Å². The normalized spacial score (nSPS) is 37.5. The van der Waals surface area contributed by atoms with Gasteiger partial charge in [-0.1, -0.05) is 51.7 Å². The molecule has 0 aromatic rings. The largest absolute Gasteiger partial charge is 0.197 e. The molecule has 0 amide bonds. The Morgan fingerprint density at radius 1 is 1.00 bits per heavy atom. The van der Waals surface area contributed by atoms with Gasteiger partial charge in [0.05, 0.1) is 11.5 Å². The Morgan fingerprint density at radius 2 is 1.62 bits per heavy atom. The first kappa shape index (κ1) is 16.6. The van der Waals surface area contributed by atoms with Gasteiger partial charge in [0.2, 0.25) is 0 Å². The van der Waals surface area contributed by atoms with Crippen molar-refractivity contribution in [3.8, 4) is 6.07 Å². The van der Waals surface area contributed by atoms with Gasteiger partial charge in [-0.2, -0.15) is 5.26 Å². The zero-order chi connectivity index (χ0) is 15.1. The first-order valence-electron chi connectivity index (χ1n) is 9.32. The molecule has 0 atom stereocenters. The monoisotopic (exact) mass is 287 g/mol. The van der Waals surface area contributed by atoms with Gasteiger partial charge < -0.3 is 0 Å². The third-order valence-electron chi connectivity index (χ3n) is 6.07. The van der Waals surface area contributed by atoms with Crippen LogP contribution in [0.3, 0.4) is 0 Å². The van der Waals surface area contributed by atoms with E-state index < -0.39 is 0 Å². The lowest BCUT2D eigenvalue weighted by molar-refractivity contribution is 0.137. The molecule has 0 heterocycles. The molecule has 0 N–H and O–H groups in total. The lowest BCUT2D eigenvalue weighted by atomic mass is 9.64. The summed E-state index contributed by atoms with van der Waals surface area (Å²) in [5, 5.41) is 9.56. The van der Waals surface area contributed by atoms with Crippen LogP contribution in [0.4, 0.5) is 0 Å². The fourth-order valence-electron chi connectivity index (χ4n) is 4.64. The highest BCUT2D eigenvalue weighted by Crippen LogP contribution is 2.46. The van der Waals surface area contributed by atoms with E-state index in [0.717, 1.165) is 37.0 Å². The van der Waals surface area contributed by atoms with Crippen LogP contribution in [0.25, 0.3) is 0 Å². The SMILES string of the molecule is CCC=C[C@]1(C#N)CC[C@@H](C2CCC(CCC)CC2)CC1. The van der Waals surface area contributed by atoms with Gasteiger partial charge in [-0.25, -0.2) is 0 Å². The first-order chi connectivity index (χ1) is 10.2. The van der Waals surface area contributed by atoms with Gasteiger partial charge in [0, 0.05) is 0 Å². The first-order valence-corrected chi connectivity index (χ1v) is 9.32. The van der Waals surface area contributed by atoms with Crippen molar-refractivity contribution in [1.29, 1.82) is 5.26 Å². The number of allylic oxidation sites excluding steroid dienone is 2. The summed E-state index contributed by atoms with van der Waals surface area (Å²) in [5.74, 6) is 2.88. The summed E-state index contributed by atoms with van der Waals surface area (Å²) in [5.41, 5.74) is -0.133. The lowest BCUT2D eigenvalue weighted by Gasteiger charge is -2.39. The highest BCUT2D eigenvalue weighted by Gasteiger charge is 2.36. The van der Waals surface area contributed by atoms with Crippen LogP contribution in [-0.2, 0) is 0 Å². The third-order valence-corrected chi connectivity index (χ3v) is 6.07. The van der Waals surface area contributed by atoms with E-state index in [1.807, 2.05) is 0 Å². The number of hydrogen-bond donors (Lipinski definition) is 0. The van der Waals surface area contributed by atoms with Crippen LogP contribution in [0.15, 0.2) is 12.2 Å². The van der Waals surface area contributed by atoms with Crippen molar-refractivity contribution in [3.05, 3.63) is 12.2 Å². The molecule has 1 heteroatoms. The van der Waals surface area contributed by atoms with Crippen molar-refractivity contribution in [1.82, 2.24) is 0 Å². The average molecular weight is 287 g/mol. The minimum absolute atomic E-state index is 0.133. The zero-order valence-corrected chi connectivity index (χ0v) is 14.1. The predicted octanol–water partition coefficient (Wildman–Crippen LogP) is 6.26. The van der Waals surface area contributed by atoms with Gasteiger partial charge in [0.25, 0.3) is 0 Å². The highest BCUT2D eigenvalue weighted by molar-refractivity contribution is 5.14. The Labute approximate surface area is 131 Å². The van der Waals surface area contributed by atoms with Crippen LogP contribution < -0.4 is 0 Å². The molecule has 118 valence electrons. The lowest BCUT2D eigenvalue weighted by Crippen LogP contribution is -2.30. The molecule has 0 spiro atoms. The van der Waals surface area contributed by atoms with Gasteiger partial charge in [-0.05, 0) is 62.7 Å². The number of hydrogen-bond acceptors (Lipinski definition) is 1. The van der Waals surface area contributed by atoms with Crippen molar-refractivity contribution >= 4 is 0 Å². The van der Waals surface area contributed by atoms with E-state index in [2.05, 4.69) is 32.1 Å². The Morgan fingerprint density at radius 3 is 2.14 bits per heavy atom. The van der Waals surface area contributed by atoms with Crippen molar-refractivity contribution < 1.29 is 0 Å². The zero-order valence-electron chi connectivity index (χ0n) is 14.1. The molecular formula is C20H33N. The van der Waals surface area contributed by atoms with E-state index in [1.54, 1.807) is 0 Å². The summed E-state index contributed by atoms with van der Waals surface area (Å²) in [6, 6.07) is 2.61. The van der Waals surface area contributed by atoms with Gasteiger partial charge in [0.15, 0.2) is 0 Å². The molecule has 0 aromatic carbocycles. The fourth-order valence-corrected chi connectivity index (χ4v) is 4.64. The average Bonchev–Trinajstić information content (AvgIpc) is 2.55. The van der Waals surface area contributed by atoms with Crippen LogP contribution in [0.5, 0.6) is 0 Å². The Hall–Kier alpha value is -0.770. The minimum Gasteiger partial charge on any atom is -0.197 e. The summed E-state index contributed by atoms with van der Waals surface area (Å²) in [7, 11) is 0. The van der Waals surface area contributed by atoms with Crippen LogP contribution >= 0.6 is 0 Å². The standard InChI is InChI=1S/C20H33N/c1-3-5-13-20(16-21)14-11-19(12-15-20)18-9-7-17(6-4-2)8-10-18/h5,13,17-19H,3-4,6-12,14-15H2,1-2H3/t17?,18?,19-,20+. The number of nitrogens with zero attached hydrogens (tertiary/aromatic N) is 1. The van der Waals surface area contributed by atoms with Gasteiger partial charge in [-0.15, -0.1) is 0 Å². The van der Waals surface area contributed by atoms with Gasteiger partial charge in [-0.3, -0.25) is 0 Å². The molecule has 0 aliphatic heterocycles. The van der Waals surface area contributed by atoms with Crippen LogP contribution in [0.1, 0.15) is 84.5 Å². The highest BCUT2D eigenvalue weighted by atomic mass is 14.4. The smallest absolute Gasteiger partial charge is 0.0753 e. The van der Waals surface area contributed by atoms with Crippen molar-refractivity contribution in [2.75, 3.05) is 0 Å². The molecule has 2 aliphatic carbocycles. The van der Waals surface area contributed by atoms with Gasteiger partial charge in [0.1, 0.15) is 0 Å². The van der Waals surface area contributed by atoms with E-state index in [4.69, 9.17) is 0 Å². The second-order valence-electron chi connectivity index (χ2n) is 7.49. The van der Waals surface area contributed by atoms with Gasteiger partial charge >= 0.3 is 0 Å². The quantitative estimate of drug-likeness (QED) is 0.547. The summed E-state index contributed by atoms with van der Waals surface area (Å²) in [6.45, 7) is 4.47. The van der Waals surface area contributed by atoms with E-state index in [1.165, 1.54) is 51.4 Å². The fraction of sp³-hybridized carbons (Fsp3) is 0.850. The van der Waals surface area contributed by atoms with E-state index in [-0.39, 0.29) is 5.41 Å². The Balaban J connectivity index is 1.82. The maximum absolute atomic E-state index is 9.56. The predicted molar refractivity (Wildman–Crippen MR) is 89.8 cm³/mol. The Kier molecular flexibility index (Phi) is 6.34. The van der Waals surface area contributed by atoms with Crippen LogP contribution in [0.2, 0.25) is 0 Å². The molecule has 1 nitrogen and oxygen atoms in total. The van der Waals surface area contributed by atoms with Crippen LogP contribution in [-0.4, -0.2) is 0 Å². The minimum atomic E-state index is -0.133. The Bertz CT molecular complexity index is 360. The van der Waals surface area contributed by atoms with Crippen molar-refractivity contribution in [2.45, 2.75) is 84.5 Å².